The molecule has 1 N–H and O–H groups in total. The molecule has 1 atom stereocenters. The minimum Gasteiger partial charge on any atom is -0.547 e. The van der Waals surface area contributed by atoms with Gasteiger partial charge in [-0.3, -0.25) is 0 Å². The number of carbonyl (C=O) groups excluding carboxylic acids is 1. The van der Waals surface area contributed by atoms with Crippen molar-refractivity contribution in [3.8, 4) is 0 Å². The summed E-state index contributed by atoms with van der Waals surface area (Å²) in [5.74, 6) is -1.20. The quantitative estimate of drug-likeness (QED) is 0.346. The molecule has 0 aliphatic carbocycles. The third-order valence-corrected chi connectivity index (χ3v) is 1.55. The summed E-state index contributed by atoms with van der Waals surface area (Å²) in [5.41, 5.74) is -1.23. The Morgan fingerprint density at radius 1 is 1.58 bits per heavy atom. The van der Waals surface area contributed by atoms with E-state index >= 15 is 0 Å². The molecule has 0 saturated heterocycles. The first-order valence-corrected chi connectivity index (χ1v) is 3.18. The molecule has 0 aromatic rings. The van der Waals surface area contributed by atoms with Crippen molar-refractivity contribution in [2.45, 2.75) is 5.54 Å². The van der Waals surface area contributed by atoms with Crippen LogP contribution in [0.25, 0.3) is 0 Å². The Bertz CT molecular complexity index is 247. The Labute approximate surface area is 93.1 Å². The van der Waals surface area contributed by atoms with Gasteiger partial charge in [-0.1, -0.05) is 12.2 Å². The Morgan fingerprint density at radius 3 is 2.50 bits per heavy atom. The SMILES string of the molecule is C=CC1(C(=O)[O-])C=CC=CN1.[Na+]. The van der Waals surface area contributed by atoms with Gasteiger partial charge in [0.25, 0.3) is 0 Å². The number of carboxylic acid groups (broad SMARTS) is 1. The average molecular weight is 173 g/mol. The fourth-order valence-electron chi connectivity index (χ4n) is 0.834. The van der Waals surface area contributed by atoms with Crippen molar-refractivity contribution in [2.75, 3.05) is 0 Å². The van der Waals surface area contributed by atoms with E-state index < -0.39 is 11.5 Å². The minimum absolute atomic E-state index is 0. The predicted octanol–water partition coefficient (Wildman–Crippen LogP) is -3.66. The van der Waals surface area contributed by atoms with Crippen LogP contribution in [0.5, 0.6) is 0 Å². The smallest absolute Gasteiger partial charge is 0.547 e. The van der Waals surface area contributed by atoms with Gasteiger partial charge in [0.1, 0.15) is 5.54 Å². The number of carbonyl (C=O) groups is 1. The Morgan fingerprint density at radius 2 is 2.25 bits per heavy atom. The van der Waals surface area contributed by atoms with Gasteiger partial charge in [0.05, 0.1) is 5.97 Å². The first-order valence-electron chi connectivity index (χ1n) is 3.18. The van der Waals surface area contributed by atoms with Crippen molar-refractivity contribution in [1.29, 1.82) is 0 Å². The maximum atomic E-state index is 10.6. The van der Waals surface area contributed by atoms with E-state index in [2.05, 4.69) is 11.9 Å². The van der Waals surface area contributed by atoms with Crippen LogP contribution in [0.1, 0.15) is 0 Å². The van der Waals surface area contributed by atoms with Crippen LogP contribution in [0.4, 0.5) is 0 Å². The van der Waals surface area contributed by atoms with E-state index in [1.165, 1.54) is 18.4 Å². The zero-order chi connectivity index (χ0) is 8.32. The van der Waals surface area contributed by atoms with E-state index in [0.29, 0.717) is 0 Å². The van der Waals surface area contributed by atoms with Gasteiger partial charge in [-0.05, 0) is 18.4 Å². The number of hydrogen-bond donors (Lipinski definition) is 1. The molecule has 1 rings (SSSR count). The largest absolute Gasteiger partial charge is 1.00 e. The minimum atomic E-state index is -1.23. The monoisotopic (exact) mass is 173 g/mol. The molecule has 58 valence electrons. The molecule has 0 bridgehead atoms. The summed E-state index contributed by atoms with van der Waals surface area (Å²) in [7, 11) is 0. The third-order valence-electron chi connectivity index (χ3n) is 1.55. The fourth-order valence-corrected chi connectivity index (χ4v) is 0.834. The first kappa shape index (κ1) is 11.5. The molecule has 1 unspecified atom stereocenters. The molecule has 0 spiro atoms. The summed E-state index contributed by atoms with van der Waals surface area (Å²) in [6, 6.07) is 0. The summed E-state index contributed by atoms with van der Waals surface area (Å²) in [4.78, 5) is 10.6. The van der Waals surface area contributed by atoms with Crippen molar-refractivity contribution in [1.82, 2.24) is 5.32 Å². The number of carboxylic acids is 1. The van der Waals surface area contributed by atoms with E-state index in [-0.39, 0.29) is 29.6 Å². The van der Waals surface area contributed by atoms with Gasteiger partial charge in [0.2, 0.25) is 0 Å². The van der Waals surface area contributed by atoms with E-state index in [0.717, 1.165) is 0 Å². The van der Waals surface area contributed by atoms with Crippen LogP contribution in [0.2, 0.25) is 0 Å². The van der Waals surface area contributed by atoms with E-state index in [9.17, 15) is 9.90 Å². The summed E-state index contributed by atoms with van der Waals surface area (Å²) in [5, 5.41) is 13.2. The van der Waals surface area contributed by atoms with Crippen molar-refractivity contribution >= 4 is 5.97 Å². The molecule has 0 fully saturated rings. The molecule has 0 aromatic heterocycles. The number of aliphatic carboxylic acids is 1. The topological polar surface area (TPSA) is 52.2 Å². The zero-order valence-electron chi connectivity index (χ0n) is 6.91. The first-order chi connectivity index (χ1) is 5.21. The van der Waals surface area contributed by atoms with Crippen molar-refractivity contribution in [3.05, 3.63) is 37.1 Å². The van der Waals surface area contributed by atoms with Gasteiger partial charge in [-0.25, -0.2) is 0 Å². The second-order valence-electron chi connectivity index (χ2n) is 2.22. The predicted molar refractivity (Wildman–Crippen MR) is 39.4 cm³/mol. The van der Waals surface area contributed by atoms with Gasteiger partial charge in [0.15, 0.2) is 0 Å². The normalized spacial score (nSPS) is 25.3. The molecule has 12 heavy (non-hydrogen) atoms. The van der Waals surface area contributed by atoms with E-state index in [1.807, 2.05) is 0 Å². The molecule has 1 aliphatic rings. The summed E-state index contributed by atoms with van der Waals surface area (Å²) < 4.78 is 0. The van der Waals surface area contributed by atoms with Crippen LogP contribution in [-0.2, 0) is 4.79 Å². The summed E-state index contributed by atoms with van der Waals surface area (Å²) in [6.07, 6.45) is 7.65. The second-order valence-corrected chi connectivity index (χ2v) is 2.22. The molecule has 3 nitrogen and oxygen atoms in total. The molecule has 0 aromatic carbocycles. The molecular formula is C8H8NNaO2. The number of hydrogen-bond acceptors (Lipinski definition) is 3. The maximum Gasteiger partial charge on any atom is 1.00 e. The molecular weight excluding hydrogens is 165 g/mol. The standard InChI is InChI=1S/C8H9NO2.Na/c1-2-8(7(10)11)5-3-4-6-9-8;/h2-6,9H,1H2,(H,10,11);/q;+1/p-1. The molecule has 4 heteroatoms. The van der Waals surface area contributed by atoms with Crippen molar-refractivity contribution in [3.63, 3.8) is 0 Å². The van der Waals surface area contributed by atoms with Crippen LogP contribution in [0.3, 0.4) is 0 Å². The maximum absolute atomic E-state index is 10.6. The Kier molecular flexibility index (Phi) is 4.31. The van der Waals surface area contributed by atoms with Crippen LogP contribution in [0.15, 0.2) is 37.1 Å². The average Bonchev–Trinajstić information content (AvgIpc) is 2.05. The van der Waals surface area contributed by atoms with Gasteiger partial charge in [-0.15, -0.1) is 6.58 Å². The van der Waals surface area contributed by atoms with Gasteiger partial charge in [-0.2, -0.15) is 0 Å². The van der Waals surface area contributed by atoms with Crippen LogP contribution < -0.4 is 40.0 Å². The molecule has 0 amide bonds. The van der Waals surface area contributed by atoms with Crippen LogP contribution in [0, 0.1) is 0 Å². The molecule has 0 radical (unpaired) electrons. The summed E-state index contributed by atoms with van der Waals surface area (Å²) >= 11 is 0. The summed E-state index contributed by atoms with van der Waals surface area (Å²) in [6.45, 7) is 3.41. The molecule has 0 saturated carbocycles. The van der Waals surface area contributed by atoms with Gasteiger partial charge < -0.3 is 15.2 Å². The number of nitrogens with one attached hydrogen (secondary N) is 1. The van der Waals surface area contributed by atoms with Crippen molar-refractivity contribution < 1.29 is 39.5 Å². The van der Waals surface area contributed by atoms with Gasteiger partial charge in [0, 0.05) is 0 Å². The zero-order valence-corrected chi connectivity index (χ0v) is 8.91. The second kappa shape index (κ2) is 4.50. The Hall–Kier alpha value is -0.510. The van der Waals surface area contributed by atoms with E-state index in [1.54, 1.807) is 12.2 Å². The molecule has 1 aliphatic heterocycles. The number of dihydropyridines is 1. The fraction of sp³-hybridized carbons (Fsp3) is 0.125. The number of rotatable bonds is 2. The number of allylic oxidation sites excluding steroid dienone is 2. The van der Waals surface area contributed by atoms with Crippen LogP contribution in [-0.4, -0.2) is 11.5 Å². The van der Waals surface area contributed by atoms with Crippen LogP contribution >= 0.6 is 0 Å². The van der Waals surface area contributed by atoms with Crippen molar-refractivity contribution in [2.24, 2.45) is 0 Å². The van der Waals surface area contributed by atoms with Gasteiger partial charge >= 0.3 is 29.6 Å². The van der Waals surface area contributed by atoms with E-state index in [4.69, 9.17) is 0 Å². The Balaban J connectivity index is 0.00000121. The molecule has 1 heterocycles. The third kappa shape index (κ3) is 2.00.